The Morgan fingerprint density at radius 3 is 1.23 bits per heavy atom. The van der Waals surface area contributed by atoms with E-state index in [9.17, 15) is 28.8 Å². The molecule has 7 rings (SSSR count). The van der Waals surface area contributed by atoms with Gasteiger partial charge in [-0.2, -0.15) is 0 Å². The Labute approximate surface area is 518 Å². The second-order valence-corrected chi connectivity index (χ2v) is 23.2. The van der Waals surface area contributed by atoms with Gasteiger partial charge in [-0.1, -0.05) is 40.0 Å². The van der Waals surface area contributed by atoms with Gasteiger partial charge in [0, 0.05) is 94.7 Å². The van der Waals surface area contributed by atoms with Gasteiger partial charge in [0.15, 0.2) is 5.11 Å². The third-order valence-corrected chi connectivity index (χ3v) is 14.9. The number of hydrogen-bond acceptors (Lipinski definition) is 20. The number of ether oxygens (including phenoxy) is 6. The molecule has 0 bridgehead atoms. The zero-order chi connectivity index (χ0) is 63.2. The summed E-state index contributed by atoms with van der Waals surface area (Å²) in [5.41, 5.74) is 6.43. The summed E-state index contributed by atoms with van der Waals surface area (Å²) in [5, 5.41) is 40.4. The fourth-order valence-corrected chi connectivity index (χ4v) is 10.6. The number of alkyl carbamates (subject to hydrolysis) is 3. The van der Waals surface area contributed by atoms with Crippen LogP contribution in [-0.4, -0.2) is 193 Å². The fraction of sp³-hybridized carbons (Fsp3) is 0.643. The van der Waals surface area contributed by atoms with Crippen molar-refractivity contribution >= 4 is 76.7 Å². The van der Waals surface area contributed by atoms with Crippen LogP contribution in [-0.2, 0) is 93.0 Å². The summed E-state index contributed by atoms with van der Waals surface area (Å²) in [6, 6.07) is 7.12. The number of rotatable bonds is 22. The van der Waals surface area contributed by atoms with E-state index in [4.69, 9.17) is 54.2 Å². The van der Waals surface area contributed by atoms with Crippen LogP contribution in [0.3, 0.4) is 0 Å². The number of nitrogens with zero attached hydrogens (tertiary/aromatic N) is 12. The van der Waals surface area contributed by atoms with E-state index in [-0.39, 0.29) is 31.8 Å². The van der Waals surface area contributed by atoms with E-state index in [1.165, 1.54) is 14.7 Å². The maximum atomic E-state index is 14.6. The number of benzene rings is 1. The number of fused-ring (bicyclic) bond motifs is 3. The summed E-state index contributed by atoms with van der Waals surface area (Å²) in [7, 11) is 9.65. The van der Waals surface area contributed by atoms with E-state index in [0.717, 1.165) is 39.7 Å². The second-order valence-electron chi connectivity index (χ2n) is 22.2. The number of aryl methyl sites for hydroxylation is 6. The Hall–Kier alpha value is -7.96. The molecular weight excluding hydrogens is 1170 g/mol. The van der Waals surface area contributed by atoms with Gasteiger partial charge in [0.2, 0.25) is 0 Å². The minimum Gasteiger partial charge on any atom is -0.449 e. The molecule has 0 radical (unpaired) electrons. The lowest BCUT2D eigenvalue weighted by atomic mass is 9.99. The number of thiocarbonyl (C=S) groups is 2. The molecule has 3 aromatic heterocycles. The lowest BCUT2D eigenvalue weighted by Gasteiger charge is -2.37. The molecule has 0 fully saturated rings. The Bertz CT molecular complexity index is 2760. The first kappa shape index (κ1) is 65.0. The number of amides is 6. The predicted molar refractivity (Wildman–Crippen MR) is 324 cm³/mol. The van der Waals surface area contributed by atoms with Crippen molar-refractivity contribution in [2.24, 2.45) is 0 Å². The number of aromatic nitrogens is 9. The van der Waals surface area contributed by atoms with Gasteiger partial charge in [0.05, 0.1) is 54.0 Å². The molecule has 6 amide bonds. The molecule has 5 N–H and O–H groups in total. The molecule has 1 aromatic carbocycles. The van der Waals surface area contributed by atoms with Crippen LogP contribution in [0.4, 0.5) is 34.5 Å². The van der Waals surface area contributed by atoms with Gasteiger partial charge >= 0.3 is 36.6 Å². The quantitative estimate of drug-likeness (QED) is 0.0271. The van der Waals surface area contributed by atoms with Crippen molar-refractivity contribution in [1.29, 1.82) is 0 Å². The third-order valence-electron chi connectivity index (χ3n) is 14.6. The van der Waals surface area contributed by atoms with Crippen LogP contribution in [0.5, 0.6) is 0 Å². The van der Waals surface area contributed by atoms with Crippen LogP contribution < -0.4 is 26.6 Å². The molecule has 0 spiro atoms. The van der Waals surface area contributed by atoms with Gasteiger partial charge in [0.1, 0.15) is 18.3 Å². The molecule has 29 nitrogen and oxygen atoms in total. The largest absolute Gasteiger partial charge is 0.449 e. The smallest absolute Gasteiger partial charge is 0.412 e. The summed E-state index contributed by atoms with van der Waals surface area (Å²) >= 11 is 11.2. The molecule has 3 heterocycles. The van der Waals surface area contributed by atoms with Crippen molar-refractivity contribution in [3.05, 3.63) is 64.0 Å². The zero-order valence-electron chi connectivity index (χ0n) is 51.5. The minimum atomic E-state index is -2.50. The van der Waals surface area contributed by atoms with E-state index < -0.39 is 60.8 Å². The van der Waals surface area contributed by atoms with Crippen molar-refractivity contribution in [3.8, 4) is 0 Å². The molecule has 31 heteroatoms. The molecule has 476 valence electrons. The zero-order valence-corrected chi connectivity index (χ0v) is 52.1. The van der Waals surface area contributed by atoms with E-state index in [1.807, 2.05) is 12.1 Å². The van der Waals surface area contributed by atoms with Crippen LogP contribution >= 0.6 is 24.4 Å². The molecule has 87 heavy (non-hydrogen) atoms. The molecule has 0 saturated heterocycles. The molecule has 0 aliphatic heterocycles. The lowest BCUT2D eigenvalue weighted by Crippen LogP contribution is -2.79. The molecule has 3 atom stereocenters. The van der Waals surface area contributed by atoms with Gasteiger partial charge in [-0.25, -0.2) is 42.8 Å². The lowest BCUT2D eigenvalue weighted by molar-refractivity contribution is 0.0408. The van der Waals surface area contributed by atoms with Gasteiger partial charge in [0.25, 0.3) is 5.91 Å². The van der Waals surface area contributed by atoms with Crippen molar-refractivity contribution in [2.45, 2.75) is 173 Å². The highest BCUT2D eigenvalue weighted by molar-refractivity contribution is 7.80. The molecule has 3 unspecified atom stereocenters. The summed E-state index contributed by atoms with van der Waals surface area (Å²) in [5.74, 6) is -2.50. The Morgan fingerprint density at radius 2 is 0.897 bits per heavy atom. The number of nitrogens with one attached hydrogen (secondary N) is 5. The molecule has 4 aromatic rings. The summed E-state index contributed by atoms with van der Waals surface area (Å²) in [6.07, 6.45) is 2.61. The molecular formula is C56H83N17O12S2. The van der Waals surface area contributed by atoms with Crippen LogP contribution in [0, 0.1) is 0 Å². The topological polar surface area (TPSA) is 320 Å². The van der Waals surface area contributed by atoms with Crippen LogP contribution in [0.2, 0.25) is 0 Å². The maximum absolute atomic E-state index is 14.6. The van der Waals surface area contributed by atoms with Crippen molar-refractivity contribution in [3.63, 3.8) is 0 Å². The highest BCUT2D eigenvalue weighted by atomic mass is 32.1. The monoisotopic (exact) mass is 1250 g/mol. The first-order chi connectivity index (χ1) is 42.3. The Balaban J connectivity index is 1.11. The highest BCUT2D eigenvalue weighted by Gasteiger charge is 2.41. The van der Waals surface area contributed by atoms with Crippen molar-refractivity contribution < 1.29 is 58.6 Å². The highest BCUT2D eigenvalue weighted by Crippen LogP contribution is 2.25. The average Bonchev–Trinajstić information content (AvgIpc) is 2.40. The fourth-order valence-electron chi connectivity index (χ4n) is 10.2. The first-order valence-corrected chi connectivity index (χ1v) is 30.3. The number of carbonyl (C=O) groups excluding carboxylic acids is 6. The Kier molecular flexibility index (Phi) is 24.4. The van der Waals surface area contributed by atoms with Crippen LogP contribution in [0.25, 0.3) is 0 Å². The van der Waals surface area contributed by atoms with E-state index >= 15 is 0 Å². The van der Waals surface area contributed by atoms with Gasteiger partial charge < -0.3 is 53.8 Å². The molecule has 3 aliphatic carbocycles. The number of anilines is 1. The maximum Gasteiger partial charge on any atom is 0.412 e. The summed E-state index contributed by atoms with van der Waals surface area (Å²) in [4.78, 5) is 84.5. The van der Waals surface area contributed by atoms with Crippen molar-refractivity contribution in [1.82, 2.24) is 80.9 Å². The Morgan fingerprint density at radius 1 is 0.540 bits per heavy atom. The molecule has 0 saturated carbocycles. The number of hydrogen-bond donors (Lipinski definition) is 5. The van der Waals surface area contributed by atoms with Gasteiger partial charge in [-0.05, 0) is 138 Å². The van der Waals surface area contributed by atoms with Crippen LogP contribution in [0.15, 0.2) is 24.3 Å². The van der Waals surface area contributed by atoms with E-state index in [2.05, 4.69) is 57.5 Å². The predicted octanol–water partition coefficient (Wildman–Crippen LogP) is 5.75. The first-order valence-electron chi connectivity index (χ1n) is 30.2. The third kappa shape index (κ3) is 20.9. The minimum absolute atomic E-state index is 0.00232. The summed E-state index contributed by atoms with van der Waals surface area (Å²) in [6.45, 7) is 1.86. The van der Waals surface area contributed by atoms with Crippen LogP contribution in [0.1, 0.15) is 125 Å². The van der Waals surface area contributed by atoms with E-state index in [0.29, 0.717) is 152 Å². The second kappa shape index (κ2) is 32.7. The van der Waals surface area contributed by atoms with Gasteiger partial charge in [-0.15, -0.1) is 15.3 Å². The van der Waals surface area contributed by atoms with E-state index in [1.54, 1.807) is 68.5 Å². The normalized spacial score (nSPS) is 17.4. The van der Waals surface area contributed by atoms with Crippen molar-refractivity contribution in [2.75, 3.05) is 67.4 Å². The standard InChI is InChI=1S/C56H83N17O12S2/c1-37(86)36-38-20-22-39(23-21-38)57-49(87)58-56(59-50(74)83-40-14-8-17-43-46(27-24-40)71(65-62-43)30-11-33-80-53(77)68(2)3,60-51(75)84-41-15-9-18-44-47(28-25-41)72(66-63-44)31-12-34-81-54(78)69(4)5)61-52(76)85-42-16-10-19-45-48(29-26-42)73(67-64-45)32-13-35-82-55(79)70(6)7/h20-23,40-42H,8-19,24-36H2,1-7H3,(H,59,74)(H,60,75)(H,61,76)(H2,57,58,87)/i1D. The average molecular weight is 1250 g/mol. The number of carbonyl (C=O) groups is 6. The van der Waals surface area contributed by atoms with Gasteiger partial charge in [-0.3, -0.25) is 16.0 Å². The summed E-state index contributed by atoms with van der Waals surface area (Å²) < 4.78 is 47.4. The molecule has 3 aliphatic rings. The SMILES string of the molecule is [2H]CC(=S)Cc1ccc(NC(=S)NC(NC(=O)OC2CCCc3nnn(CCCOC(=O)N(C)C)c3CC2)(NC(=O)OC2CCCc3nnn(CCCOC(=O)N(C)C)c3CC2)NC(=O)OC2CCCc3nnn(CCCOC(=O)N(C)C)c3CC2)cc1.